The molecule has 1 saturated heterocycles. The Morgan fingerprint density at radius 2 is 1.90 bits per heavy atom. The second-order valence-corrected chi connectivity index (χ2v) is 7.58. The van der Waals surface area contributed by atoms with Crippen molar-refractivity contribution in [1.29, 1.82) is 0 Å². The van der Waals surface area contributed by atoms with Crippen LogP contribution in [0.4, 0.5) is 0 Å². The number of carbonyl (C=O) groups is 1. The van der Waals surface area contributed by atoms with E-state index in [0.29, 0.717) is 18.4 Å². The van der Waals surface area contributed by atoms with Crippen LogP contribution in [0.5, 0.6) is 0 Å². The van der Waals surface area contributed by atoms with Gasteiger partial charge in [0, 0.05) is 32.1 Å². The van der Waals surface area contributed by atoms with Gasteiger partial charge in [0.15, 0.2) is 0 Å². The van der Waals surface area contributed by atoms with Crippen molar-refractivity contribution in [1.82, 2.24) is 10.2 Å². The molecule has 0 aromatic rings. The molecule has 1 N–H and O–H groups in total. The largest absolute Gasteiger partial charge is 0.343 e. The van der Waals surface area contributed by atoms with E-state index in [2.05, 4.69) is 31.0 Å². The van der Waals surface area contributed by atoms with E-state index < -0.39 is 0 Å². The summed E-state index contributed by atoms with van der Waals surface area (Å²) in [6, 6.07) is 0.614. The summed E-state index contributed by atoms with van der Waals surface area (Å²) in [4.78, 5) is 14.3. The standard InChI is InChI=1S/C18H34N2O/c1-14(2)16-8-7-15(3)13-17(16)19-10-9-18(21)20-11-5-4-6-12-20/h14-17,19H,4-13H2,1-3H3. The van der Waals surface area contributed by atoms with Crippen LogP contribution in [0.25, 0.3) is 0 Å². The molecule has 2 rings (SSSR count). The molecule has 0 bridgehead atoms. The highest BCUT2D eigenvalue weighted by molar-refractivity contribution is 5.76. The van der Waals surface area contributed by atoms with Crippen LogP contribution in [0.15, 0.2) is 0 Å². The number of rotatable bonds is 5. The van der Waals surface area contributed by atoms with Crippen LogP contribution in [-0.2, 0) is 4.79 Å². The molecule has 3 heteroatoms. The number of hydrogen-bond donors (Lipinski definition) is 1. The second-order valence-electron chi connectivity index (χ2n) is 7.58. The van der Waals surface area contributed by atoms with Crippen LogP contribution in [-0.4, -0.2) is 36.5 Å². The fourth-order valence-electron chi connectivity index (χ4n) is 4.10. The molecule has 2 aliphatic rings. The van der Waals surface area contributed by atoms with Crippen LogP contribution in [0.1, 0.15) is 65.7 Å². The first-order valence-corrected chi connectivity index (χ1v) is 9.09. The summed E-state index contributed by atoms with van der Waals surface area (Å²) in [7, 11) is 0. The first kappa shape index (κ1) is 16.8. The van der Waals surface area contributed by atoms with Gasteiger partial charge in [-0.15, -0.1) is 0 Å². The number of nitrogens with one attached hydrogen (secondary N) is 1. The lowest BCUT2D eigenvalue weighted by atomic mass is 9.74. The normalized spacial score (nSPS) is 30.7. The fourth-order valence-corrected chi connectivity index (χ4v) is 4.10. The molecule has 3 nitrogen and oxygen atoms in total. The fraction of sp³-hybridized carbons (Fsp3) is 0.944. The molecule has 122 valence electrons. The maximum atomic E-state index is 12.2. The Morgan fingerprint density at radius 3 is 2.57 bits per heavy atom. The van der Waals surface area contributed by atoms with Crippen molar-refractivity contribution >= 4 is 5.91 Å². The van der Waals surface area contributed by atoms with E-state index >= 15 is 0 Å². The first-order valence-electron chi connectivity index (χ1n) is 9.09. The van der Waals surface area contributed by atoms with Crippen LogP contribution < -0.4 is 5.32 Å². The van der Waals surface area contributed by atoms with Crippen LogP contribution in [0, 0.1) is 17.8 Å². The maximum Gasteiger partial charge on any atom is 0.223 e. The van der Waals surface area contributed by atoms with E-state index in [1.165, 1.54) is 38.5 Å². The minimum absolute atomic E-state index is 0.354. The molecule has 3 unspecified atom stereocenters. The number of piperidine rings is 1. The molecule has 3 atom stereocenters. The summed E-state index contributed by atoms with van der Waals surface area (Å²) in [5.74, 6) is 2.71. The van der Waals surface area contributed by atoms with E-state index in [0.717, 1.165) is 37.4 Å². The number of amides is 1. The van der Waals surface area contributed by atoms with Crippen LogP contribution >= 0.6 is 0 Å². The zero-order valence-electron chi connectivity index (χ0n) is 14.2. The monoisotopic (exact) mass is 294 g/mol. The molecule has 1 aliphatic carbocycles. The summed E-state index contributed by atoms with van der Waals surface area (Å²) < 4.78 is 0. The van der Waals surface area contributed by atoms with Gasteiger partial charge in [-0.25, -0.2) is 0 Å². The van der Waals surface area contributed by atoms with Gasteiger partial charge >= 0.3 is 0 Å². The Hall–Kier alpha value is -0.570. The highest BCUT2D eigenvalue weighted by Crippen LogP contribution is 2.33. The molecule has 1 saturated carbocycles. The third kappa shape index (κ3) is 4.98. The summed E-state index contributed by atoms with van der Waals surface area (Å²) in [6.07, 6.45) is 8.34. The number of carbonyl (C=O) groups excluding carboxylic acids is 1. The zero-order chi connectivity index (χ0) is 15.2. The van der Waals surface area contributed by atoms with Gasteiger partial charge < -0.3 is 10.2 Å². The molecule has 1 heterocycles. The Balaban J connectivity index is 1.73. The molecule has 1 aliphatic heterocycles. The van der Waals surface area contributed by atoms with Crippen molar-refractivity contribution in [2.24, 2.45) is 17.8 Å². The smallest absolute Gasteiger partial charge is 0.223 e. The lowest BCUT2D eigenvalue weighted by Crippen LogP contribution is -2.44. The van der Waals surface area contributed by atoms with E-state index in [9.17, 15) is 4.79 Å². The summed E-state index contributed by atoms with van der Waals surface area (Å²) in [5.41, 5.74) is 0. The number of likely N-dealkylation sites (tertiary alicyclic amines) is 1. The Bertz CT molecular complexity index is 323. The molecular weight excluding hydrogens is 260 g/mol. The van der Waals surface area contributed by atoms with Crippen molar-refractivity contribution in [3.8, 4) is 0 Å². The average Bonchev–Trinajstić information content (AvgIpc) is 2.48. The second kappa shape index (κ2) is 8.17. The average molecular weight is 294 g/mol. The highest BCUT2D eigenvalue weighted by atomic mass is 16.2. The van der Waals surface area contributed by atoms with Crippen molar-refractivity contribution < 1.29 is 4.79 Å². The number of nitrogens with zero attached hydrogens (tertiary/aromatic N) is 1. The quantitative estimate of drug-likeness (QED) is 0.842. The molecule has 1 amide bonds. The van der Waals surface area contributed by atoms with Gasteiger partial charge in [-0.05, 0) is 49.9 Å². The van der Waals surface area contributed by atoms with Gasteiger partial charge in [-0.1, -0.05) is 27.2 Å². The van der Waals surface area contributed by atoms with Gasteiger partial charge in [-0.3, -0.25) is 4.79 Å². The lowest BCUT2D eigenvalue weighted by Gasteiger charge is -2.38. The molecular formula is C18H34N2O. The third-order valence-corrected chi connectivity index (χ3v) is 5.48. The maximum absolute atomic E-state index is 12.2. The summed E-state index contributed by atoms with van der Waals surface area (Å²) in [6.45, 7) is 9.87. The van der Waals surface area contributed by atoms with E-state index in [-0.39, 0.29) is 0 Å². The van der Waals surface area contributed by atoms with E-state index in [1.54, 1.807) is 0 Å². The third-order valence-electron chi connectivity index (χ3n) is 5.48. The molecule has 0 aromatic heterocycles. The predicted octanol–water partition coefficient (Wildman–Crippen LogP) is 3.44. The summed E-state index contributed by atoms with van der Waals surface area (Å²) >= 11 is 0. The minimum Gasteiger partial charge on any atom is -0.343 e. The Kier molecular flexibility index (Phi) is 6.53. The van der Waals surface area contributed by atoms with Gasteiger partial charge in [0.25, 0.3) is 0 Å². The Morgan fingerprint density at radius 1 is 1.19 bits per heavy atom. The zero-order valence-corrected chi connectivity index (χ0v) is 14.2. The van der Waals surface area contributed by atoms with Crippen molar-refractivity contribution in [3.63, 3.8) is 0 Å². The lowest BCUT2D eigenvalue weighted by molar-refractivity contribution is -0.132. The molecule has 2 fully saturated rings. The minimum atomic E-state index is 0.354. The SMILES string of the molecule is CC1CCC(C(C)C)C(NCCC(=O)N2CCCCC2)C1. The van der Waals surface area contributed by atoms with E-state index in [4.69, 9.17) is 0 Å². The molecule has 0 spiro atoms. The van der Waals surface area contributed by atoms with Gasteiger partial charge in [0.1, 0.15) is 0 Å². The van der Waals surface area contributed by atoms with Crippen molar-refractivity contribution in [3.05, 3.63) is 0 Å². The van der Waals surface area contributed by atoms with E-state index in [1.807, 2.05) is 0 Å². The number of hydrogen-bond acceptors (Lipinski definition) is 2. The van der Waals surface area contributed by atoms with Crippen molar-refractivity contribution in [2.75, 3.05) is 19.6 Å². The van der Waals surface area contributed by atoms with Gasteiger partial charge in [0.2, 0.25) is 5.91 Å². The predicted molar refractivity (Wildman–Crippen MR) is 88.2 cm³/mol. The first-order chi connectivity index (χ1) is 10.1. The highest BCUT2D eigenvalue weighted by Gasteiger charge is 2.30. The molecule has 0 radical (unpaired) electrons. The van der Waals surface area contributed by atoms with Crippen LogP contribution in [0.3, 0.4) is 0 Å². The summed E-state index contributed by atoms with van der Waals surface area (Å²) in [5, 5.41) is 3.71. The Labute approximate surface area is 130 Å². The molecule has 21 heavy (non-hydrogen) atoms. The van der Waals surface area contributed by atoms with Crippen LogP contribution in [0.2, 0.25) is 0 Å². The topological polar surface area (TPSA) is 32.3 Å². The molecule has 0 aromatic carbocycles. The van der Waals surface area contributed by atoms with Crippen molar-refractivity contribution in [2.45, 2.75) is 71.8 Å². The van der Waals surface area contributed by atoms with Gasteiger partial charge in [-0.2, -0.15) is 0 Å². The van der Waals surface area contributed by atoms with Gasteiger partial charge in [0.05, 0.1) is 0 Å².